The normalized spacial score (nSPS) is 20.4. The van der Waals surface area contributed by atoms with Gasteiger partial charge in [-0.1, -0.05) is 27.7 Å². The van der Waals surface area contributed by atoms with Crippen LogP contribution in [0.15, 0.2) is 0 Å². The number of rotatable bonds is 5. The zero-order valence-corrected chi connectivity index (χ0v) is 14.2. The topological polar surface area (TPSA) is 28.2 Å². The summed E-state index contributed by atoms with van der Waals surface area (Å²) in [4.78, 5) is 8.83. The van der Waals surface area contributed by atoms with E-state index in [0.29, 0.717) is 6.04 Å². The summed E-state index contributed by atoms with van der Waals surface area (Å²) in [5.74, 6) is 0.868. The smallest absolute Gasteiger partial charge is 0.185 e. The maximum Gasteiger partial charge on any atom is 0.185 e. The highest BCUT2D eigenvalue weighted by atomic mass is 32.1. The minimum absolute atomic E-state index is 0.532. The van der Waals surface area contributed by atoms with Gasteiger partial charge in [0, 0.05) is 30.6 Å². The maximum absolute atomic E-state index is 4.90. The number of aromatic nitrogens is 1. The summed E-state index contributed by atoms with van der Waals surface area (Å²) in [7, 11) is 0. The highest BCUT2D eigenvalue weighted by Crippen LogP contribution is 2.29. The fourth-order valence-electron chi connectivity index (χ4n) is 2.67. The van der Waals surface area contributed by atoms with Crippen LogP contribution >= 0.6 is 11.3 Å². The van der Waals surface area contributed by atoms with Crippen LogP contribution in [0.4, 0.5) is 5.13 Å². The van der Waals surface area contributed by atoms with Gasteiger partial charge in [-0.3, -0.25) is 0 Å². The third-order valence-electron chi connectivity index (χ3n) is 4.06. The number of hydrogen-bond acceptors (Lipinski definition) is 4. The third kappa shape index (κ3) is 4.19. The zero-order valence-electron chi connectivity index (χ0n) is 13.4. The van der Waals surface area contributed by atoms with Crippen LogP contribution in [0.5, 0.6) is 0 Å². The third-order valence-corrected chi connectivity index (χ3v) is 5.22. The van der Waals surface area contributed by atoms with Gasteiger partial charge in [0.05, 0.1) is 5.69 Å². The van der Waals surface area contributed by atoms with Gasteiger partial charge in [-0.2, -0.15) is 0 Å². The Morgan fingerprint density at radius 3 is 2.85 bits per heavy atom. The number of thiazole rings is 1. The van der Waals surface area contributed by atoms with Gasteiger partial charge in [0.25, 0.3) is 0 Å². The van der Waals surface area contributed by atoms with Crippen molar-refractivity contribution in [1.29, 1.82) is 0 Å². The molecule has 0 aromatic carbocycles. The fraction of sp³-hybridized carbons (Fsp3) is 0.812. The molecule has 1 N–H and O–H groups in total. The Morgan fingerprint density at radius 2 is 2.15 bits per heavy atom. The molecular weight excluding hydrogens is 266 g/mol. The van der Waals surface area contributed by atoms with E-state index in [9.17, 15) is 0 Å². The molecule has 20 heavy (non-hydrogen) atoms. The van der Waals surface area contributed by atoms with E-state index in [1.165, 1.54) is 48.1 Å². The molecule has 1 fully saturated rings. The molecule has 1 unspecified atom stereocenters. The van der Waals surface area contributed by atoms with Crippen LogP contribution in [0, 0.1) is 5.92 Å². The highest BCUT2D eigenvalue weighted by Gasteiger charge is 2.18. The second-order valence-electron chi connectivity index (χ2n) is 6.28. The Balaban J connectivity index is 2.07. The van der Waals surface area contributed by atoms with Gasteiger partial charge in [0.15, 0.2) is 5.13 Å². The summed E-state index contributed by atoms with van der Waals surface area (Å²) in [6.45, 7) is 12.3. The van der Waals surface area contributed by atoms with Crippen molar-refractivity contribution in [2.75, 3.05) is 18.0 Å². The second kappa shape index (κ2) is 7.41. The van der Waals surface area contributed by atoms with Gasteiger partial charge in [-0.05, 0) is 31.6 Å². The van der Waals surface area contributed by atoms with E-state index < -0.39 is 0 Å². The van der Waals surface area contributed by atoms with Crippen LogP contribution in [0.25, 0.3) is 0 Å². The van der Waals surface area contributed by atoms with Crippen molar-refractivity contribution in [2.45, 2.75) is 66.0 Å². The summed E-state index contributed by atoms with van der Waals surface area (Å²) in [5, 5.41) is 4.77. The molecule has 4 heteroatoms. The van der Waals surface area contributed by atoms with Gasteiger partial charge in [0.2, 0.25) is 0 Å². The summed E-state index contributed by atoms with van der Waals surface area (Å²) < 4.78 is 0. The predicted octanol–water partition coefficient (Wildman–Crippen LogP) is 3.83. The first-order valence-electron chi connectivity index (χ1n) is 8.07. The van der Waals surface area contributed by atoms with Crippen molar-refractivity contribution in [1.82, 2.24) is 10.3 Å². The molecule has 1 aromatic heterocycles. The number of hydrogen-bond donors (Lipinski definition) is 1. The highest BCUT2D eigenvalue weighted by molar-refractivity contribution is 7.15. The molecular formula is C16H29N3S. The Kier molecular flexibility index (Phi) is 5.85. The first-order valence-corrected chi connectivity index (χ1v) is 8.88. The molecule has 0 saturated carbocycles. The van der Waals surface area contributed by atoms with Crippen LogP contribution in [-0.4, -0.2) is 24.1 Å². The van der Waals surface area contributed by atoms with Crippen LogP contribution in [-0.2, 0) is 13.0 Å². The van der Waals surface area contributed by atoms with Crippen molar-refractivity contribution >= 4 is 16.5 Å². The minimum Gasteiger partial charge on any atom is -0.348 e. The molecule has 2 rings (SSSR count). The predicted molar refractivity (Wildman–Crippen MR) is 88.7 cm³/mol. The van der Waals surface area contributed by atoms with Crippen molar-refractivity contribution in [3.8, 4) is 0 Å². The lowest BCUT2D eigenvalue weighted by Gasteiger charge is -2.18. The second-order valence-corrected chi connectivity index (χ2v) is 7.34. The van der Waals surface area contributed by atoms with Gasteiger partial charge in [-0.25, -0.2) is 4.98 Å². The van der Waals surface area contributed by atoms with E-state index in [-0.39, 0.29) is 0 Å². The number of anilines is 1. The molecule has 1 aromatic rings. The molecule has 0 aliphatic carbocycles. The Labute approximate surface area is 127 Å². The lowest BCUT2D eigenvalue weighted by molar-refractivity contribution is 0.521. The number of aryl methyl sites for hydroxylation is 1. The molecule has 1 saturated heterocycles. The van der Waals surface area contributed by atoms with Crippen molar-refractivity contribution in [3.63, 3.8) is 0 Å². The molecule has 1 atom stereocenters. The molecule has 1 aliphatic rings. The van der Waals surface area contributed by atoms with E-state index in [0.717, 1.165) is 18.9 Å². The van der Waals surface area contributed by atoms with E-state index in [1.807, 2.05) is 11.3 Å². The van der Waals surface area contributed by atoms with Gasteiger partial charge in [0.1, 0.15) is 0 Å². The summed E-state index contributed by atoms with van der Waals surface area (Å²) in [5.41, 5.74) is 1.29. The lowest BCUT2D eigenvalue weighted by atomic mass is 10.0. The first kappa shape index (κ1) is 15.8. The molecule has 2 heterocycles. The molecule has 0 spiro atoms. The quantitative estimate of drug-likeness (QED) is 0.895. The zero-order chi connectivity index (χ0) is 14.5. The van der Waals surface area contributed by atoms with E-state index in [2.05, 4.69) is 37.9 Å². The van der Waals surface area contributed by atoms with Crippen molar-refractivity contribution in [3.05, 3.63) is 10.6 Å². The molecule has 1 aliphatic heterocycles. The minimum atomic E-state index is 0.532. The monoisotopic (exact) mass is 295 g/mol. The summed E-state index contributed by atoms with van der Waals surface area (Å²) >= 11 is 1.90. The fourth-order valence-corrected chi connectivity index (χ4v) is 3.82. The largest absolute Gasteiger partial charge is 0.348 e. The molecule has 3 nitrogen and oxygen atoms in total. The molecule has 0 bridgehead atoms. The van der Waals surface area contributed by atoms with Gasteiger partial charge < -0.3 is 10.2 Å². The number of nitrogens with zero attached hydrogens (tertiary/aromatic N) is 2. The number of nitrogens with one attached hydrogen (secondary N) is 1. The molecule has 0 radical (unpaired) electrons. The van der Waals surface area contributed by atoms with Crippen molar-refractivity contribution in [2.24, 2.45) is 5.92 Å². The Bertz CT molecular complexity index is 414. The molecule has 114 valence electrons. The van der Waals surface area contributed by atoms with Crippen LogP contribution in [0.3, 0.4) is 0 Å². The summed E-state index contributed by atoms with van der Waals surface area (Å²) in [6.07, 6.45) is 5.02. The average molecular weight is 295 g/mol. The van der Waals surface area contributed by atoms with Crippen molar-refractivity contribution < 1.29 is 0 Å². The van der Waals surface area contributed by atoms with Crippen LogP contribution in [0.1, 0.15) is 57.5 Å². The Morgan fingerprint density at radius 1 is 1.35 bits per heavy atom. The first-order chi connectivity index (χ1) is 9.60. The van der Waals surface area contributed by atoms with Crippen LogP contribution < -0.4 is 10.2 Å². The van der Waals surface area contributed by atoms with E-state index in [1.54, 1.807) is 0 Å². The SMILES string of the molecule is CCc1nc(N2CCCC(C)CC2)sc1CNC(C)C. The lowest BCUT2D eigenvalue weighted by Crippen LogP contribution is -2.23. The van der Waals surface area contributed by atoms with E-state index >= 15 is 0 Å². The van der Waals surface area contributed by atoms with Gasteiger partial charge >= 0.3 is 0 Å². The van der Waals surface area contributed by atoms with Crippen LogP contribution in [0.2, 0.25) is 0 Å². The molecule has 0 amide bonds. The van der Waals surface area contributed by atoms with Gasteiger partial charge in [-0.15, -0.1) is 11.3 Å². The standard InChI is InChI=1S/C16H29N3S/c1-5-14-15(11-17-12(2)3)20-16(18-14)19-9-6-7-13(4)8-10-19/h12-13,17H,5-11H2,1-4H3. The average Bonchev–Trinajstić information content (AvgIpc) is 2.71. The Hall–Kier alpha value is -0.610. The summed E-state index contributed by atoms with van der Waals surface area (Å²) in [6, 6.07) is 0.532. The maximum atomic E-state index is 4.90. The van der Waals surface area contributed by atoms with E-state index in [4.69, 9.17) is 4.98 Å².